The summed E-state index contributed by atoms with van der Waals surface area (Å²) in [4.78, 5) is 0. The Morgan fingerprint density at radius 2 is 2.40 bits per heavy atom. The van der Waals surface area contributed by atoms with Crippen molar-refractivity contribution < 1.29 is 0 Å². The Bertz CT molecular complexity index is 353. The molecule has 2 aromatic rings. The predicted molar refractivity (Wildman–Crippen MR) is 46.6 cm³/mol. The van der Waals surface area contributed by atoms with E-state index in [4.69, 9.17) is 0 Å². The molecular formula is C7H6NS2+. The van der Waals surface area contributed by atoms with Crippen LogP contribution in [0.25, 0.3) is 10.2 Å². The van der Waals surface area contributed by atoms with Crippen molar-refractivity contribution in [2.75, 3.05) is 0 Å². The van der Waals surface area contributed by atoms with Crippen LogP contribution in [-0.4, -0.2) is 4.37 Å². The minimum atomic E-state index is 1.16. The fourth-order valence-corrected chi connectivity index (χ4v) is 2.80. The maximum Gasteiger partial charge on any atom is 0.323 e. The maximum atomic E-state index is 4.28. The summed E-state index contributed by atoms with van der Waals surface area (Å²) in [6, 6.07) is 6.27. The van der Waals surface area contributed by atoms with Crippen molar-refractivity contribution in [2.45, 2.75) is 6.92 Å². The molecule has 0 spiro atoms. The molecule has 0 saturated carbocycles. The number of benzene rings is 1. The summed E-state index contributed by atoms with van der Waals surface area (Å²) in [5.41, 5.74) is 2.44. The topological polar surface area (TPSA) is 12.9 Å². The average molecular weight is 168 g/mol. The summed E-state index contributed by atoms with van der Waals surface area (Å²) in [5, 5.41) is 0. The number of aryl methyl sites for hydroxylation is 1. The quantitative estimate of drug-likeness (QED) is 0.435. The van der Waals surface area contributed by atoms with Crippen LogP contribution >= 0.6 is 20.9 Å². The third-order valence-corrected chi connectivity index (χ3v) is 3.28. The first kappa shape index (κ1) is 6.19. The Kier molecular flexibility index (Phi) is 1.39. The molecule has 0 fully saturated rings. The van der Waals surface area contributed by atoms with Crippen LogP contribution in [0.15, 0.2) is 18.2 Å². The van der Waals surface area contributed by atoms with Crippen LogP contribution in [0.3, 0.4) is 0 Å². The summed E-state index contributed by atoms with van der Waals surface area (Å²) in [5.74, 6) is 0. The number of rotatable bonds is 0. The lowest BCUT2D eigenvalue weighted by Crippen LogP contribution is -1.71. The highest BCUT2D eigenvalue weighted by Crippen LogP contribution is 2.23. The van der Waals surface area contributed by atoms with Crippen LogP contribution in [0.5, 0.6) is 0 Å². The second kappa shape index (κ2) is 2.25. The van der Waals surface area contributed by atoms with Gasteiger partial charge in [0.2, 0.25) is 0 Å². The zero-order chi connectivity index (χ0) is 6.97. The van der Waals surface area contributed by atoms with Crippen LogP contribution < -0.4 is 0 Å². The van der Waals surface area contributed by atoms with E-state index in [1.807, 2.05) is 0 Å². The van der Waals surface area contributed by atoms with E-state index >= 15 is 0 Å². The van der Waals surface area contributed by atoms with Gasteiger partial charge in [0.05, 0.1) is 0 Å². The van der Waals surface area contributed by atoms with Crippen LogP contribution in [0, 0.1) is 6.92 Å². The fraction of sp³-hybridized carbons (Fsp3) is 0.143. The summed E-state index contributed by atoms with van der Waals surface area (Å²) in [7, 11) is 3.29. The number of hydrogen-bond donors (Lipinski definition) is 0. The first-order valence-corrected chi connectivity index (χ1v) is 5.13. The van der Waals surface area contributed by atoms with Gasteiger partial charge in [0, 0.05) is 6.07 Å². The molecule has 0 aliphatic heterocycles. The van der Waals surface area contributed by atoms with Gasteiger partial charge in [0.25, 0.3) is 15.2 Å². The highest BCUT2D eigenvalue weighted by molar-refractivity contribution is 7.69. The maximum absolute atomic E-state index is 4.28. The molecule has 0 N–H and O–H groups in total. The molecule has 0 aliphatic carbocycles. The SMILES string of the molecule is Cc1cccc2[s+]snc12. The molecular weight excluding hydrogens is 162 g/mol. The lowest BCUT2D eigenvalue weighted by Gasteiger charge is -1.84. The second-order valence-electron chi connectivity index (χ2n) is 2.17. The monoisotopic (exact) mass is 168 g/mol. The van der Waals surface area contributed by atoms with Gasteiger partial charge in [0.1, 0.15) is 0 Å². The Balaban J connectivity index is 2.95. The molecule has 0 radical (unpaired) electrons. The molecule has 0 saturated heterocycles. The average Bonchev–Trinajstić information content (AvgIpc) is 2.36. The van der Waals surface area contributed by atoms with Crippen LogP contribution in [0.2, 0.25) is 0 Å². The van der Waals surface area contributed by atoms with E-state index in [0.717, 1.165) is 5.52 Å². The van der Waals surface area contributed by atoms with Gasteiger partial charge in [-0.2, -0.15) is 0 Å². The van der Waals surface area contributed by atoms with Gasteiger partial charge in [0.15, 0.2) is 5.52 Å². The van der Waals surface area contributed by atoms with Gasteiger partial charge in [-0.05, 0) is 12.5 Å². The smallest absolute Gasteiger partial charge is 0.134 e. The predicted octanol–water partition coefficient (Wildman–Crippen LogP) is 2.95. The third kappa shape index (κ3) is 0.822. The van der Waals surface area contributed by atoms with Gasteiger partial charge in [-0.25, -0.2) is 0 Å². The largest absolute Gasteiger partial charge is 0.323 e. The number of hydrogen-bond acceptors (Lipinski definition) is 2. The number of nitrogens with zero attached hydrogens (tertiary/aromatic N) is 1. The molecule has 0 bridgehead atoms. The first-order valence-electron chi connectivity index (χ1n) is 3.02. The van der Waals surface area contributed by atoms with Crippen molar-refractivity contribution in [3.8, 4) is 0 Å². The minimum Gasteiger partial charge on any atom is -0.134 e. The van der Waals surface area contributed by atoms with E-state index in [1.165, 1.54) is 10.3 Å². The number of aromatic nitrogens is 1. The van der Waals surface area contributed by atoms with Crippen molar-refractivity contribution in [1.29, 1.82) is 0 Å². The fourth-order valence-electron chi connectivity index (χ4n) is 0.912. The molecule has 1 nitrogen and oxygen atoms in total. The molecule has 0 atom stereocenters. The number of fused-ring (bicyclic) bond motifs is 1. The summed E-state index contributed by atoms with van der Waals surface area (Å²) in [6.45, 7) is 2.09. The third-order valence-electron chi connectivity index (χ3n) is 1.46. The molecule has 1 aromatic carbocycles. The lowest BCUT2D eigenvalue weighted by atomic mass is 10.2. The van der Waals surface area contributed by atoms with E-state index < -0.39 is 0 Å². The molecule has 10 heavy (non-hydrogen) atoms. The Morgan fingerprint density at radius 1 is 1.50 bits per heavy atom. The minimum absolute atomic E-state index is 1.16. The second-order valence-corrected chi connectivity index (χ2v) is 4.06. The van der Waals surface area contributed by atoms with Gasteiger partial charge in [-0.1, -0.05) is 12.1 Å². The summed E-state index contributed by atoms with van der Waals surface area (Å²) in [6.07, 6.45) is 0. The van der Waals surface area contributed by atoms with E-state index in [1.54, 1.807) is 20.9 Å². The highest BCUT2D eigenvalue weighted by Gasteiger charge is 2.09. The summed E-state index contributed by atoms with van der Waals surface area (Å²) < 4.78 is 5.57. The normalized spacial score (nSPS) is 10.5. The van der Waals surface area contributed by atoms with Crippen molar-refractivity contribution in [1.82, 2.24) is 4.37 Å². The Morgan fingerprint density at radius 3 is 3.20 bits per heavy atom. The summed E-state index contributed by atoms with van der Waals surface area (Å²) >= 11 is 0. The van der Waals surface area contributed by atoms with E-state index in [0.29, 0.717) is 0 Å². The van der Waals surface area contributed by atoms with Gasteiger partial charge < -0.3 is 0 Å². The first-order chi connectivity index (χ1) is 4.88. The highest BCUT2D eigenvalue weighted by atomic mass is 32.9. The zero-order valence-corrected chi connectivity index (χ0v) is 7.13. The standard InChI is InChI=1S/C7H6NS2/c1-5-3-2-4-6-7(5)8-10-9-6/h2-4H,1H3/q+1. The Labute approximate surface area is 66.5 Å². The molecule has 2 rings (SSSR count). The van der Waals surface area contributed by atoms with Gasteiger partial charge >= 0.3 is 10.3 Å². The van der Waals surface area contributed by atoms with Crippen molar-refractivity contribution in [3.05, 3.63) is 23.8 Å². The zero-order valence-electron chi connectivity index (χ0n) is 5.50. The van der Waals surface area contributed by atoms with E-state index in [-0.39, 0.29) is 0 Å². The molecule has 3 heteroatoms. The van der Waals surface area contributed by atoms with E-state index in [2.05, 4.69) is 29.5 Å². The van der Waals surface area contributed by atoms with E-state index in [9.17, 15) is 0 Å². The van der Waals surface area contributed by atoms with Crippen LogP contribution in [0.4, 0.5) is 0 Å². The van der Waals surface area contributed by atoms with Gasteiger partial charge in [-0.15, -0.1) is 4.37 Å². The lowest BCUT2D eigenvalue weighted by molar-refractivity contribution is 1.49. The van der Waals surface area contributed by atoms with Gasteiger partial charge in [-0.3, -0.25) is 0 Å². The molecule has 0 amide bonds. The molecule has 1 heterocycles. The molecule has 0 unspecified atom stereocenters. The Hall–Kier alpha value is -0.540. The molecule has 0 aliphatic rings. The van der Waals surface area contributed by atoms with Crippen molar-refractivity contribution in [3.63, 3.8) is 0 Å². The van der Waals surface area contributed by atoms with Crippen molar-refractivity contribution >= 4 is 31.1 Å². The molecule has 1 aromatic heterocycles. The van der Waals surface area contributed by atoms with Crippen LogP contribution in [0.1, 0.15) is 5.56 Å². The molecule has 50 valence electrons. The van der Waals surface area contributed by atoms with Crippen molar-refractivity contribution in [2.24, 2.45) is 0 Å². The van der Waals surface area contributed by atoms with Crippen LogP contribution in [-0.2, 0) is 0 Å².